The number of nitrogens with zero attached hydrogens (tertiary/aromatic N) is 3. The Hall–Kier alpha value is -1.68. The van der Waals surface area contributed by atoms with Crippen LogP contribution in [0.25, 0.3) is 11.3 Å². The first-order chi connectivity index (χ1) is 10.6. The largest absolute Gasteiger partial charge is 0.294 e. The predicted octanol–water partition coefficient (Wildman–Crippen LogP) is 3.94. The average Bonchev–Trinajstić information content (AvgIpc) is 2.83. The summed E-state index contributed by atoms with van der Waals surface area (Å²) in [5, 5.41) is 4.80. The second-order valence-electron chi connectivity index (χ2n) is 6.20. The molecule has 3 nitrogen and oxygen atoms in total. The second kappa shape index (κ2) is 5.84. The Morgan fingerprint density at radius 3 is 2.41 bits per heavy atom. The van der Waals surface area contributed by atoms with Crippen LogP contribution in [0.2, 0.25) is 0 Å². The van der Waals surface area contributed by atoms with Gasteiger partial charge in [-0.1, -0.05) is 13.8 Å². The molecule has 1 aliphatic heterocycles. The van der Waals surface area contributed by atoms with Crippen LogP contribution in [0.15, 0.2) is 24.3 Å². The van der Waals surface area contributed by atoms with E-state index in [0.29, 0.717) is 12.1 Å². The highest BCUT2D eigenvalue weighted by molar-refractivity contribution is 5.65. The summed E-state index contributed by atoms with van der Waals surface area (Å²) in [7, 11) is 4.20. The first kappa shape index (κ1) is 15.2. The van der Waals surface area contributed by atoms with Crippen molar-refractivity contribution in [1.29, 1.82) is 0 Å². The third kappa shape index (κ3) is 2.35. The molecule has 0 bridgehead atoms. The van der Waals surface area contributed by atoms with Gasteiger partial charge in [0, 0.05) is 24.2 Å². The van der Waals surface area contributed by atoms with E-state index in [4.69, 9.17) is 5.10 Å². The van der Waals surface area contributed by atoms with Gasteiger partial charge in [-0.25, -0.2) is 4.39 Å². The summed E-state index contributed by atoms with van der Waals surface area (Å²) in [5.74, 6) is -0.197. The highest BCUT2D eigenvalue weighted by atomic mass is 19.1. The lowest BCUT2D eigenvalue weighted by Crippen LogP contribution is -2.40. The molecule has 0 N–H and O–H groups in total. The van der Waals surface area contributed by atoms with Crippen LogP contribution < -0.4 is 0 Å². The van der Waals surface area contributed by atoms with Crippen LogP contribution in [-0.2, 0) is 13.5 Å². The molecule has 0 saturated heterocycles. The highest BCUT2D eigenvalue weighted by Crippen LogP contribution is 2.39. The standard InChI is InChI=1S/C18H24FN3/c1-5-14-11-15-17(16(6-2)21(14)3)20-22(4)18(15)12-7-9-13(19)10-8-12/h7-10,14,16H,5-6,11H2,1-4H3/t14-,16+/m0/s1. The minimum Gasteiger partial charge on any atom is -0.294 e. The number of benzene rings is 1. The number of hydrogen-bond donors (Lipinski definition) is 0. The lowest BCUT2D eigenvalue weighted by atomic mass is 9.88. The molecule has 0 fully saturated rings. The quantitative estimate of drug-likeness (QED) is 0.856. The van der Waals surface area contributed by atoms with Gasteiger partial charge in [-0.15, -0.1) is 0 Å². The fourth-order valence-electron chi connectivity index (χ4n) is 3.77. The summed E-state index contributed by atoms with van der Waals surface area (Å²) in [6, 6.07) is 7.67. The Morgan fingerprint density at radius 2 is 1.82 bits per heavy atom. The molecule has 1 aromatic heterocycles. The number of likely N-dealkylation sites (N-methyl/N-ethyl adjacent to an activating group) is 1. The minimum atomic E-state index is -0.197. The van der Waals surface area contributed by atoms with Gasteiger partial charge in [-0.05, 0) is 50.6 Å². The highest BCUT2D eigenvalue weighted by Gasteiger charge is 2.34. The summed E-state index contributed by atoms with van der Waals surface area (Å²) in [6.45, 7) is 4.46. The zero-order valence-electron chi connectivity index (χ0n) is 13.8. The first-order valence-corrected chi connectivity index (χ1v) is 8.10. The SMILES string of the molecule is CC[C@H]1Cc2c(nn(C)c2-c2ccc(F)cc2)[C@@H](CC)N1C. The number of fused-ring (bicyclic) bond motifs is 1. The Kier molecular flexibility index (Phi) is 4.04. The van der Waals surface area contributed by atoms with Gasteiger partial charge in [0.25, 0.3) is 0 Å². The van der Waals surface area contributed by atoms with Crippen LogP contribution in [0.4, 0.5) is 4.39 Å². The van der Waals surface area contributed by atoms with Crippen LogP contribution in [0.3, 0.4) is 0 Å². The third-order valence-corrected chi connectivity index (χ3v) is 4.97. The van der Waals surface area contributed by atoms with E-state index >= 15 is 0 Å². The molecular formula is C18H24FN3. The van der Waals surface area contributed by atoms with Crippen molar-refractivity contribution in [3.05, 3.63) is 41.3 Å². The molecule has 1 aromatic carbocycles. The molecule has 1 aliphatic rings. The van der Waals surface area contributed by atoms with E-state index in [1.54, 1.807) is 0 Å². The van der Waals surface area contributed by atoms with E-state index in [0.717, 1.165) is 30.5 Å². The van der Waals surface area contributed by atoms with Gasteiger partial charge in [0.15, 0.2) is 0 Å². The smallest absolute Gasteiger partial charge is 0.123 e. The fraction of sp³-hybridized carbons (Fsp3) is 0.500. The van der Waals surface area contributed by atoms with Crippen molar-refractivity contribution in [2.75, 3.05) is 7.05 Å². The zero-order valence-corrected chi connectivity index (χ0v) is 13.8. The molecule has 0 spiro atoms. The fourth-order valence-corrected chi connectivity index (χ4v) is 3.77. The Balaban J connectivity index is 2.13. The molecule has 0 radical (unpaired) electrons. The average molecular weight is 301 g/mol. The Bertz CT molecular complexity index is 660. The Morgan fingerprint density at radius 1 is 1.14 bits per heavy atom. The molecule has 22 heavy (non-hydrogen) atoms. The molecular weight excluding hydrogens is 277 g/mol. The summed E-state index contributed by atoms with van der Waals surface area (Å²) in [6.07, 6.45) is 3.20. The molecule has 2 atom stereocenters. The van der Waals surface area contributed by atoms with Crippen molar-refractivity contribution in [3.63, 3.8) is 0 Å². The molecule has 118 valence electrons. The van der Waals surface area contributed by atoms with Gasteiger partial charge in [-0.2, -0.15) is 5.10 Å². The first-order valence-electron chi connectivity index (χ1n) is 8.10. The van der Waals surface area contributed by atoms with Crippen molar-refractivity contribution in [2.24, 2.45) is 7.05 Å². The predicted molar refractivity (Wildman–Crippen MR) is 87.2 cm³/mol. The summed E-state index contributed by atoms with van der Waals surface area (Å²) in [4.78, 5) is 2.46. The third-order valence-electron chi connectivity index (χ3n) is 4.97. The molecule has 4 heteroatoms. The van der Waals surface area contributed by atoms with Crippen molar-refractivity contribution >= 4 is 0 Å². The van der Waals surface area contributed by atoms with Gasteiger partial charge < -0.3 is 0 Å². The summed E-state index contributed by atoms with van der Waals surface area (Å²) in [5.41, 5.74) is 4.72. The van der Waals surface area contributed by atoms with Crippen molar-refractivity contribution in [1.82, 2.24) is 14.7 Å². The van der Waals surface area contributed by atoms with E-state index in [-0.39, 0.29) is 5.82 Å². The Labute approximate surface area is 131 Å². The maximum Gasteiger partial charge on any atom is 0.123 e. The van der Waals surface area contributed by atoms with Gasteiger partial charge >= 0.3 is 0 Å². The monoisotopic (exact) mass is 301 g/mol. The zero-order chi connectivity index (χ0) is 15.9. The summed E-state index contributed by atoms with van der Waals surface area (Å²) >= 11 is 0. The van der Waals surface area contributed by atoms with Gasteiger partial charge in [-0.3, -0.25) is 9.58 Å². The molecule has 3 rings (SSSR count). The van der Waals surface area contributed by atoms with Crippen LogP contribution >= 0.6 is 0 Å². The number of halogens is 1. The van der Waals surface area contributed by atoms with Crippen molar-refractivity contribution in [2.45, 2.75) is 45.2 Å². The van der Waals surface area contributed by atoms with Crippen LogP contribution in [0, 0.1) is 5.82 Å². The molecule has 0 saturated carbocycles. The van der Waals surface area contributed by atoms with E-state index in [2.05, 4.69) is 25.8 Å². The number of rotatable bonds is 3. The molecule has 0 unspecified atom stereocenters. The van der Waals surface area contributed by atoms with Gasteiger partial charge in [0.2, 0.25) is 0 Å². The van der Waals surface area contributed by atoms with Crippen LogP contribution in [-0.4, -0.2) is 27.8 Å². The lowest BCUT2D eigenvalue weighted by molar-refractivity contribution is 0.143. The topological polar surface area (TPSA) is 21.1 Å². The number of aromatic nitrogens is 2. The normalized spacial score (nSPS) is 21.9. The maximum atomic E-state index is 13.2. The van der Waals surface area contributed by atoms with E-state index in [1.807, 2.05) is 23.9 Å². The molecule has 0 aliphatic carbocycles. The second-order valence-corrected chi connectivity index (χ2v) is 6.20. The lowest BCUT2D eigenvalue weighted by Gasteiger charge is -2.38. The van der Waals surface area contributed by atoms with Gasteiger partial charge in [0.05, 0.1) is 17.4 Å². The number of aryl methyl sites for hydroxylation is 1. The van der Waals surface area contributed by atoms with E-state index in [9.17, 15) is 4.39 Å². The van der Waals surface area contributed by atoms with Crippen molar-refractivity contribution in [3.8, 4) is 11.3 Å². The molecule has 2 aromatic rings. The minimum absolute atomic E-state index is 0.197. The summed E-state index contributed by atoms with van der Waals surface area (Å²) < 4.78 is 15.2. The maximum absolute atomic E-state index is 13.2. The van der Waals surface area contributed by atoms with E-state index in [1.165, 1.54) is 23.4 Å². The van der Waals surface area contributed by atoms with Crippen molar-refractivity contribution < 1.29 is 4.39 Å². The van der Waals surface area contributed by atoms with Crippen LogP contribution in [0.5, 0.6) is 0 Å². The van der Waals surface area contributed by atoms with E-state index < -0.39 is 0 Å². The van der Waals surface area contributed by atoms with Gasteiger partial charge in [0.1, 0.15) is 5.82 Å². The number of hydrogen-bond acceptors (Lipinski definition) is 2. The molecule has 0 amide bonds. The van der Waals surface area contributed by atoms with Crippen LogP contribution in [0.1, 0.15) is 44.0 Å². The molecule has 2 heterocycles.